The van der Waals surface area contributed by atoms with Crippen LogP contribution in [0.2, 0.25) is 0 Å². The van der Waals surface area contributed by atoms with Gasteiger partial charge in [0.25, 0.3) is 5.92 Å². The molecule has 0 amide bonds. The van der Waals surface area contributed by atoms with Gasteiger partial charge in [0.1, 0.15) is 11.4 Å². The Morgan fingerprint density at radius 1 is 1.46 bits per heavy atom. The van der Waals surface area contributed by atoms with Crippen LogP contribution in [0.25, 0.3) is 0 Å². The zero-order chi connectivity index (χ0) is 9.69. The van der Waals surface area contributed by atoms with Crippen LogP contribution in [-0.4, -0.2) is 10.9 Å². The van der Waals surface area contributed by atoms with E-state index in [1.807, 2.05) is 0 Å². The lowest BCUT2D eigenvalue weighted by atomic mass is 10.1. The second kappa shape index (κ2) is 2.23. The lowest BCUT2D eigenvalue weighted by Crippen LogP contribution is -2.28. The van der Waals surface area contributed by atoms with Gasteiger partial charge in [-0.25, -0.2) is 13.2 Å². The van der Waals surface area contributed by atoms with Gasteiger partial charge in [0.15, 0.2) is 0 Å². The molecule has 1 saturated carbocycles. The fourth-order valence-electron chi connectivity index (χ4n) is 1.34. The molecule has 0 radical (unpaired) electrons. The molecule has 0 saturated heterocycles. The van der Waals surface area contributed by atoms with Crippen molar-refractivity contribution in [2.24, 2.45) is 5.73 Å². The Kier molecular flexibility index (Phi) is 1.46. The highest BCUT2D eigenvalue weighted by molar-refractivity contribution is 5.35. The fourth-order valence-corrected chi connectivity index (χ4v) is 1.34. The predicted molar refractivity (Wildman–Crippen MR) is 39.6 cm³/mol. The number of nitrogens with zero attached hydrogens (tertiary/aromatic N) is 1. The smallest absolute Gasteiger partial charge is 0.272 e. The molecule has 2 nitrogen and oxygen atoms in total. The van der Waals surface area contributed by atoms with Crippen molar-refractivity contribution in [1.82, 2.24) is 4.98 Å². The number of pyridine rings is 1. The van der Waals surface area contributed by atoms with Crippen molar-refractivity contribution in [3.63, 3.8) is 0 Å². The van der Waals surface area contributed by atoms with Crippen LogP contribution in [-0.2, 0) is 5.54 Å². The highest BCUT2D eigenvalue weighted by Crippen LogP contribution is 2.57. The summed E-state index contributed by atoms with van der Waals surface area (Å²) in [5.41, 5.74) is 3.35. The van der Waals surface area contributed by atoms with Crippen LogP contribution in [0, 0.1) is 5.82 Å². The van der Waals surface area contributed by atoms with Crippen molar-refractivity contribution < 1.29 is 13.2 Å². The predicted octanol–water partition coefficient (Wildman–Crippen LogP) is 1.41. The van der Waals surface area contributed by atoms with Gasteiger partial charge in [0.2, 0.25) is 0 Å². The molecule has 1 aliphatic rings. The van der Waals surface area contributed by atoms with Gasteiger partial charge in [0, 0.05) is 18.2 Å². The average Bonchev–Trinajstić information content (AvgIpc) is 2.53. The van der Waals surface area contributed by atoms with Crippen molar-refractivity contribution in [3.05, 3.63) is 29.8 Å². The van der Waals surface area contributed by atoms with E-state index >= 15 is 0 Å². The first kappa shape index (κ1) is 8.50. The number of halogens is 3. The molecule has 2 rings (SSSR count). The molecule has 1 aromatic rings. The summed E-state index contributed by atoms with van der Waals surface area (Å²) in [6.45, 7) is 0. The molecule has 70 valence electrons. The van der Waals surface area contributed by atoms with Gasteiger partial charge in [-0.2, -0.15) is 0 Å². The third-order valence-electron chi connectivity index (χ3n) is 2.28. The zero-order valence-corrected chi connectivity index (χ0v) is 6.60. The number of rotatable bonds is 1. The van der Waals surface area contributed by atoms with Crippen molar-refractivity contribution in [3.8, 4) is 0 Å². The molecule has 1 fully saturated rings. The Labute approximate surface area is 72.6 Å². The molecule has 1 atom stereocenters. The first-order valence-electron chi connectivity index (χ1n) is 3.74. The van der Waals surface area contributed by atoms with Gasteiger partial charge in [-0.15, -0.1) is 0 Å². The molecule has 1 aliphatic carbocycles. The number of hydrogen-bond acceptors (Lipinski definition) is 2. The Hall–Kier alpha value is -1.10. The number of hydrogen-bond donors (Lipinski definition) is 1. The van der Waals surface area contributed by atoms with Crippen LogP contribution in [0.15, 0.2) is 18.5 Å². The summed E-state index contributed by atoms with van der Waals surface area (Å²) >= 11 is 0. The zero-order valence-electron chi connectivity index (χ0n) is 6.60. The first-order chi connectivity index (χ1) is 5.97. The second-order valence-corrected chi connectivity index (χ2v) is 3.21. The van der Waals surface area contributed by atoms with E-state index in [9.17, 15) is 13.2 Å². The van der Waals surface area contributed by atoms with Crippen LogP contribution in [0.4, 0.5) is 13.2 Å². The van der Waals surface area contributed by atoms with E-state index in [4.69, 9.17) is 5.73 Å². The van der Waals surface area contributed by atoms with Gasteiger partial charge in [-0.3, -0.25) is 4.98 Å². The van der Waals surface area contributed by atoms with Crippen LogP contribution in [0.5, 0.6) is 0 Å². The maximum Gasteiger partial charge on any atom is 0.272 e. The van der Waals surface area contributed by atoms with E-state index in [0.29, 0.717) is 0 Å². The molecule has 0 aromatic carbocycles. The van der Waals surface area contributed by atoms with Gasteiger partial charge >= 0.3 is 0 Å². The Bertz CT molecular complexity index is 353. The van der Waals surface area contributed by atoms with Crippen molar-refractivity contribution in [1.29, 1.82) is 0 Å². The molecule has 5 heteroatoms. The van der Waals surface area contributed by atoms with E-state index in [0.717, 1.165) is 6.20 Å². The Morgan fingerprint density at radius 3 is 2.54 bits per heavy atom. The van der Waals surface area contributed by atoms with Crippen LogP contribution in [0.1, 0.15) is 12.0 Å². The first-order valence-corrected chi connectivity index (χ1v) is 3.74. The maximum absolute atomic E-state index is 13.0. The Morgan fingerprint density at radius 2 is 2.08 bits per heavy atom. The molecule has 13 heavy (non-hydrogen) atoms. The summed E-state index contributed by atoms with van der Waals surface area (Å²) < 4.78 is 38.5. The molecule has 1 aromatic heterocycles. The van der Waals surface area contributed by atoms with Crippen molar-refractivity contribution >= 4 is 0 Å². The second-order valence-electron chi connectivity index (χ2n) is 3.21. The third-order valence-corrected chi connectivity index (χ3v) is 2.28. The maximum atomic E-state index is 13.0. The topological polar surface area (TPSA) is 38.9 Å². The van der Waals surface area contributed by atoms with Crippen LogP contribution < -0.4 is 5.73 Å². The third kappa shape index (κ3) is 1.03. The van der Waals surface area contributed by atoms with Crippen molar-refractivity contribution in [2.45, 2.75) is 17.9 Å². The summed E-state index contributed by atoms with van der Waals surface area (Å²) in [6, 6.07) is 1.19. The minimum absolute atomic E-state index is 0.160. The summed E-state index contributed by atoms with van der Waals surface area (Å²) in [5.74, 6) is -3.77. The molecular weight excluding hydrogens is 181 g/mol. The average molecular weight is 188 g/mol. The van der Waals surface area contributed by atoms with Gasteiger partial charge in [-0.05, 0) is 6.07 Å². The largest absolute Gasteiger partial charge is 0.316 e. The van der Waals surface area contributed by atoms with E-state index in [1.54, 1.807) is 0 Å². The number of nitrogens with two attached hydrogens (primary N) is 1. The summed E-state index contributed by atoms with van der Waals surface area (Å²) in [7, 11) is 0. The number of alkyl halides is 2. The summed E-state index contributed by atoms with van der Waals surface area (Å²) in [6.07, 6.45) is 1.64. The SMILES string of the molecule is NC1(c2ccncc2F)CC1(F)F. The fraction of sp³-hybridized carbons (Fsp3) is 0.375. The molecule has 0 bridgehead atoms. The van der Waals surface area contributed by atoms with E-state index in [-0.39, 0.29) is 5.56 Å². The van der Waals surface area contributed by atoms with Gasteiger partial charge < -0.3 is 5.73 Å². The van der Waals surface area contributed by atoms with E-state index in [2.05, 4.69) is 4.98 Å². The van der Waals surface area contributed by atoms with E-state index < -0.39 is 23.7 Å². The monoisotopic (exact) mass is 188 g/mol. The molecule has 0 aliphatic heterocycles. The van der Waals surface area contributed by atoms with Gasteiger partial charge in [-0.1, -0.05) is 0 Å². The minimum Gasteiger partial charge on any atom is -0.316 e. The highest BCUT2D eigenvalue weighted by atomic mass is 19.3. The van der Waals surface area contributed by atoms with Crippen LogP contribution in [0.3, 0.4) is 0 Å². The molecule has 2 N–H and O–H groups in total. The normalized spacial score (nSPS) is 30.2. The quantitative estimate of drug-likeness (QED) is 0.723. The molecule has 1 unspecified atom stereocenters. The molecular formula is C8H7F3N2. The van der Waals surface area contributed by atoms with Crippen molar-refractivity contribution in [2.75, 3.05) is 0 Å². The highest BCUT2D eigenvalue weighted by Gasteiger charge is 2.70. The lowest BCUT2D eigenvalue weighted by Gasteiger charge is -2.10. The molecule has 0 spiro atoms. The Balaban J connectivity index is 2.44. The standard InChI is InChI=1S/C8H7F3N2/c9-6-3-13-2-1-5(6)7(12)4-8(7,10)11/h1-3H,4,12H2. The van der Waals surface area contributed by atoms with Gasteiger partial charge in [0.05, 0.1) is 6.20 Å². The minimum atomic E-state index is -2.99. The summed E-state index contributed by atoms with van der Waals surface area (Å²) in [5, 5.41) is 0. The molecule has 1 heterocycles. The van der Waals surface area contributed by atoms with Crippen LogP contribution >= 0.6 is 0 Å². The lowest BCUT2D eigenvalue weighted by molar-refractivity contribution is 0.0881. The summed E-state index contributed by atoms with van der Waals surface area (Å²) in [4.78, 5) is 3.46. The van der Waals surface area contributed by atoms with E-state index in [1.165, 1.54) is 12.3 Å². The number of aromatic nitrogens is 1.